The number of ether oxygens (including phenoxy) is 2. The van der Waals surface area contributed by atoms with E-state index in [9.17, 15) is 79.2 Å². The third-order valence-electron chi connectivity index (χ3n) is 15.2. The Morgan fingerprint density at radius 3 is 1.50 bits per heavy atom. The molecule has 2 amide bonds. The van der Waals surface area contributed by atoms with Crippen LogP contribution in [0.5, 0.6) is 23.0 Å². The zero-order valence-corrected chi connectivity index (χ0v) is 43.3. The SMILES string of the molecule is COc1ccc(C=O)cc1-c1ccc(O)c2c1C[C@H]1C[C@H]3CC(=O)C(C(N)=O)=C(O)[C@@]3(O)C(=O)C1=C2O.COc1ccc(C=O)cc1B(O)O.NC(=O)C1=C(O)[C@@]2(O)C(=O)C3=C(O)c4c(O)ccc(I)c4C[C@H]3C[C@H]2CC1=O. The molecule has 404 valence electrons. The molecular weight excluding hydrogens is 1130 g/mol. The molecule has 0 radical (unpaired) electrons. The van der Waals surface area contributed by atoms with Crippen molar-refractivity contribution in [2.75, 3.05) is 14.2 Å². The molecule has 6 aliphatic rings. The van der Waals surface area contributed by atoms with Crippen molar-refractivity contribution in [3.05, 3.63) is 131 Å². The molecule has 4 aromatic rings. The number of phenols is 2. The third-order valence-corrected chi connectivity index (χ3v) is 16.2. The molecule has 0 bridgehead atoms. The number of Topliss-reactive ketones (excluding diaryl/α,β-unsaturated/α-hetero) is 4. The lowest BCUT2D eigenvalue weighted by Gasteiger charge is -2.46. The van der Waals surface area contributed by atoms with Gasteiger partial charge < -0.3 is 71.8 Å². The number of carbonyl (C=O) groups is 8. The molecule has 0 saturated heterocycles. The first kappa shape index (κ1) is 56.0. The monoisotopic (exact) mass is 1180 g/mol. The summed E-state index contributed by atoms with van der Waals surface area (Å²) in [5, 5.41) is 104. The lowest BCUT2D eigenvalue weighted by Crippen LogP contribution is -2.58. The van der Waals surface area contributed by atoms with Gasteiger partial charge in [0.2, 0.25) is 11.6 Å². The number of methoxy groups -OCH3 is 2. The van der Waals surface area contributed by atoms with Crippen LogP contribution in [0.1, 0.15) is 68.7 Å². The molecule has 6 aliphatic carbocycles. The minimum atomic E-state index is -2.62. The van der Waals surface area contributed by atoms with E-state index in [1.807, 2.05) is 0 Å². The number of aliphatic hydroxyl groups excluding tert-OH is 4. The number of hydrogen-bond acceptors (Lipinski definition) is 20. The van der Waals surface area contributed by atoms with E-state index in [1.165, 1.54) is 44.6 Å². The first-order chi connectivity index (χ1) is 36.8. The van der Waals surface area contributed by atoms with Crippen LogP contribution in [-0.4, -0.2) is 131 Å². The minimum Gasteiger partial charge on any atom is -0.508 e. The number of phenolic OH excluding ortho intramolecular Hbond substituents is 2. The predicted octanol–water partition coefficient (Wildman–Crippen LogP) is 2.13. The number of ketones is 4. The summed E-state index contributed by atoms with van der Waals surface area (Å²) in [6, 6.07) is 15.2. The van der Waals surface area contributed by atoms with Gasteiger partial charge in [-0.05, 0) is 131 Å². The number of fused-ring (bicyclic) bond motifs is 6. The fraction of sp³-hybridized carbons (Fsp3) is 0.259. The predicted molar refractivity (Wildman–Crippen MR) is 281 cm³/mol. The normalized spacial score (nSPS) is 23.9. The second-order valence-corrected chi connectivity index (χ2v) is 20.5. The maximum absolute atomic E-state index is 13.6. The summed E-state index contributed by atoms with van der Waals surface area (Å²) < 4.78 is 11.1. The molecule has 2 fully saturated rings. The quantitative estimate of drug-likeness (QED) is 0.0520. The average molecular weight is 1180 g/mol. The maximum Gasteiger partial charge on any atom is 0.492 e. The van der Waals surface area contributed by atoms with Crippen LogP contribution >= 0.6 is 22.6 Å². The third kappa shape index (κ3) is 8.97. The second kappa shape index (κ2) is 21.0. The lowest BCUT2D eigenvalue weighted by molar-refractivity contribution is -0.148. The van der Waals surface area contributed by atoms with Crippen molar-refractivity contribution < 1.29 is 98.7 Å². The number of benzene rings is 4. The van der Waals surface area contributed by atoms with Crippen molar-refractivity contribution in [2.45, 2.75) is 49.7 Å². The van der Waals surface area contributed by atoms with Crippen LogP contribution in [0.2, 0.25) is 0 Å². The van der Waals surface area contributed by atoms with Crippen LogP contribution in [0.4, 0.5) is 0 Å². The molecule has 0 spiro atoms. The summed E-state index contributed by atoms with van der Waals surface area (Å²) in [6.45, 7) is 0. The second-order valence-electron chi connectivity index (χ2n) is 19.3. The Labute approximate surface area is 455 Å². The van der Waals surface area contributed by atoms with Gasteiger partial charge in [-0.3, -0.25) is 38.4 Å². The van der Waals surface area contributed by atoms with Gasteiger partial charge in [0, 0.05) is 61.5 Å². The van der Waals surface area contributed by atoms with Gasteiger partial charge in [-0.15, -0.1) is 0 Å². The number of aromatic hydroxyl groups is 2. The Kier molecular flexibility index (Phi) is 15.1. The topological polar surface area (TPSA) is 409 Å². The van der Waals surface area contributed by atoms with E-state index in [1.54, 1.807) is 30.3 Å². The summed E-state index contributed by atoms with van der Waals surface area (Å²) in [4.78, 5) is 96.7. The number of primary amides is 2. The van der Waals surface area contributed by atoms with Crippen LogP contribution in [0.3, 0.4) is 0 Å². The molecule has 4 aromatic carbocycles. The van der Waals surface area contributed by atoms with Gasteiger partial charge in [0.05, 0.1) is 25.3 Å². The van der Waals surface area contributed by atoms with Crippen LogP contribution in [0.15, 0.2) is 94.5 Å². The van der Waals surface area contributed by atoms with E-state index >= 15 is 0 Å². The highest BCUT2D eigenvalue weighted by Crippen LogP contribution is 2.55. The highest BCUT2D eigenvalue weighted by molar-refractivity contribution is 14.1. The van der Waals surface area contributed by atoms with Crippen molar-refractivity contribution in [3.8, 4) is 34.1 Å². The Morgan fingerprint density at radius 1 is 0.615 bits per heavy atom. The van der Waals surface area contributed by atoms with Crippen molar-refractivity contribution in [1.82, 2.24) is 0 Å². The Balaban J connectivity index is 0.000000172. The van der Waals surface area contributed by atoms with Gasteiger partial charge in [-0.2, -0.15) is 0 Å². The van der Waals surface area contributed by atoms with Crippen molar-refractivity contribution in [3.63, 3.8) is 0 Å². The number of halogens is 1. The molecule has 10 rings (SSSR count). The van der Waals surface area contributed by atoms with Gasteiger partial charge >= 0.3 is 7.12 Å². The molecule has 78 heavy (non-hydrogen) atoms. The van der Waals surface area contributed by atoms with Gasteiger partial charge in [0.15, 0.2) is 22.8 Å². The van der Waals surface area contributed by atoms with Crippen LogP contribution in [0, 0.1) is 27.2 Å². The van der Waals surface area contributed by atoms with Gasteiger partial charge in [0.25, 0.3) is 11.8 Å². The molecule has 6 atom stereocenters. The van der Waals surface area contributed by atoms with Crippen LogP contribution in [-0.2, 0) is 41.6 Å². The zero-order chi connectivity index (χ0) is 57.2. The highest BCUT2D eigenvalue weighted by atomic mass is 127. The standard InChI is InChI=1S/C27H23NO9.C19H16INO7.C8H9BO4/c1-37-19-5-2-11(10-29)6-15(19)14-3-4-17(30)21-16(14)8-12-7-13-9-18(31)22(26(28)35)25(34)27(13,36)24(33)20(12)23(21)32;20-9-1-2-10(22)13-8(9)4-6-3-7-5-11(23)14(18(21)27)17(26)19(7,28)16(25)12(6)15(13)24;1-13-8-3-2-6(5-10)4-7(8)9(11)12/h2-6,10,12-13,30,32,34,36H,7-9H2,1H3,(H2,28,35);1-2,6-7,22,24,26,28H,3-5H2,(H2,21,27);2-5,11-12H,1H3/t12-,13+,27+;6-,7+,19+;/m11./s1. The number of rotatable bonds is 8. The molecule has 14 N–H and O–H groups in total. The van der Waals surface area contributed by atoms with Gasteiger partial charge in [0.1, 0.15) is 69.8 Å². The summed E-state index contributed by atoms with van der Waals surface area (Å²) >= 11 is 2.06. The summed E-state index contributed by atoms with van der Waals surface area (Å²) in [5.41, 5.74) is 6.45. The number of nitrogens with two attached hydrogens (primary N) is 2. The lowest BCUT2D eigenvalue weighted by atomic mass is 9.59. The van der Waals surface area contributed by atoms with E-state index < -0.39 is 118 Å². The first-order valence-corrected chi connectivity index (χ1v) is 24.8. The van der Waals surface area contributed by atoms with E-state index in [2.05, 4.69) is 22.6 Å². The smallest absolute Gasteiger partial charge is 0.492 e. The van der Waals surface area contributed by atoms with E-state index in [4.69, 9.17) is 31.0 Å². The summed E-state index contributed by atoms with van der Waals surface area (Å²) in [5.74, 6) is -12.3. The molecule has 2 saturated carbocycles. The largest absolute Gasteiger partial charge is 0.508 e. The Hall–Kier alpha value is -8.17. The molecule has 22 nitrogen and oxygen atoms in total. The minimum absolute atomic E-state index is 0.0174. The maximum atomic E-state index is 13.6. The van der Waals surface area contributed by atoms with Crippen LogP contribution in [0.25, 0.3) is 22.6 Å². The number of amides is 2. The fourth-order valence-corrected chi connectivity index (χ4v) is 12.2. The van der Waals surface area contributed by atoms with E-state index in [0.29, 0.717) is 63.9 Å². The van der Waals surface area contributed by atoms with E-state index in [-0.39, 0.29) is 64.9 Å². The first-order valence-electron chi connectivity index (χ1n) is 23.7. The zero-order valence-electron chi connectivity index (χ0n) is 41.1. The van der Waals surface area contributed by atoms with Crippen molar-refractivity contribution >= 4 is 94.2 Å². The molecule has 24 heteroatoms. The molecule has 0 aliphatic heterocycles. The average Bonchev–Trinajstić information content (AvgIpc) is 3.60. The number of aliphatic hydroxyl groups is 6. The number of hydrogen-bond donors (Lipinski definition) is 12. The summed E-state index contributed by atoms with van der Waals surface area (Å²) in [7, 11) is 1.25. The molecule has 0 unspecified atom stereocenters. The van der Waals surface area contributed by atoms with Gasteiger partial charge in [-0.1, -0.05) is 6.07 Å². The molecule has 0 heterocycles. The van der Waals surface area contributed by atoms with Crippen molar-refractivity contribution in [2.24, 2.45) is 35.1 Å². The summed E-state index contributed by atoms with van der Waals surface area (Å²) in [6.07, 6.45) is 1.19. The molecular formula is C54H48BIN2O20. The highest BCUT2D eigenvalue weighted by Gasteiger charge is 2.62. The number of carbonyl (C=O) groups excluding carboxylic acids is 8. The molecule has 0 aromatic heterocycles. The van der Waals surface area contributed by atoms with Crippen LogP contribution < -0.4 is 26.4 Å². The Bertz CT molecular complexity index is 3490. The van der Waals surface area contributed by atoms with Crippen molar-refractivity contribution in [1.29, 1.82) is 0 Å². The van der Waals surface area contributed by atoms with E-state index in [0.717, 1.165) is 3.57 Å². The Morgan fingerprint density at radius 2 is 1.05 bits per heavy atom. The number of aldehydes is 2. The fourth-order valence-electron chi connectivity index (χ4n) is 11.5. The van der Waals surface area contributed by atoms with Gasteiger partial charge in [-0.25, -0.2) is 0 Å².